The molecule has 1 nitrogen and oxygen atoms in total. The smallest absolute Gasteiger partial charge is 0.137 e. The quantitative estimate of drug-likeness (QED) is 0.833. The first-order chi connectivity index (χ1) is 5.66. The van der Waals surface area contributed by atoms with E-state index in [-0.39, 0.29) is 11.7 Å². The van der Waals surface area contributed by atoms with Crippen molar-refractivity contribution in [2.24, 2.45) is 5.73 Å². The van der Waals surface area contributed by atoms with Crippen LogP contribution in [0.3, 0.4) is 0 Å². The molecule has 1 rings (SSSR count). The first-order valence-corrected chi connectivity index (χ1v) is 4.60. The highest BCUT2D eigenvalue weighted by atomic mass is 79.9. The van der Waals surface area contributed by atoms with Crippen LogP contribution in [0.2, 0.25) is 0 Å². The van der Waals surface area contributed by atoms with Crippen LogP contribution in [-0.2, 0) is 0 Å². The molecule has 0 fully saturated rings. The van der Waals surface area contributed by atoms with Crippen LogP contribution in [0.25, 0.3) is 0 Å². The molecule has 0 radical (unpaired) electrons. The Balaban J connectivity index is 3.07. The van der Waals surface area contributed by atoms with E-state index < -0.39 is 0 Å². The predicted molar refractivity (Wildman–Crippen MR) is 51.6 cm³/mol. The SMILES string of the molecule is CC(CN)c1cccc(F)c1Br. The van der Waals surface area contributed by atoms with Gasteiger partial charge in [-0.15, -0.1) is 0 Å². The zero-order chi connectivity index (χ0) is 9.14. The minimum Gasteiger partial charge on any atom is -0.330 e. The second kappa shape index (κ2) is 4.01. The van der Waals surface area contributed by atoms with Crippen LogP contribution in [0.4, 0.5) is 4.39 Å². The van der Waals surface area contributed by atoms with Gasteiger partial charge in [-0.25, -0.2) is 4.39 Å². The molecule has 0 saturated carbocycles. The lowest BCUT2D eigenvalue weighted by atomic mass is 10.0. The van der Waals surface area contributed by atoms with Gasteiger partial charge in [0, 0.05) is 0 Å². The van der Waals surface area contributed by atoms with E-state index in [1.54, 1.807) is 6.07 Å². The van der Waals surface area contributed by atoms with E-state index in [9.17, 15) is 4.39 Å². The van der Waals surface area contributed by atoms with Gasteiger partial charge in [0.1, 0.15) is 5.82 Å². The lowest BCUT2D eigenvalue weighted by molar-refractivity contribution is 0.613. The van der Waals surface area contributed by atoms with Crippen molar-refractivity contribution < 1.29 is 4.39 Å². The number of benzene rings is 1. The standard InChI is InChI=1S/C9H11BrFN/c1-6(5-12)7-3-2-4-8(11)9(7)10/h2-4,6H,5,12H2,1H3. The molecule has 0 aliphatic carbocycles. The molecular formula is C9H11BrFN. The Kier molecular flexibility index (Phi) is 3.23. The third-order valence-corrected chi connectivity index (χ3v) is 2.70. The van der Waals surface area contributed by atoms with Crippen LogP contribution < -0.4 is 5.73 Å². The molecule has 0 saturated heterocycles. The molecule has 0 heterocycles. The van der Waals surface area contributed by atoms with Gasteiger partial charge in [0.15, 0.2) is 0 Å². The van der Waals surface area contributed by atoms with E-state index in [1.165, 1.54) is 6.07 Å². The molecule has 3 heteroatoms. The van der Waals surface area contributed by atoms with Gasteiger partial charge in [0.2, 0.25) is 0 Å². The number of hydrogen-bond donors (Lipinski definition) is 1. The van der Waals surface area contributed by atoms with Crippen molar-refractivity contribution in [3.05, 3.63) is 34.1 Å². The van der Waals surface area contributed by atoms with Gasteiger partial charge in [0.25, 0.3) is 0 Å². The van der Waals surface area contributed by atoms with Gasteiger partial charge in [0.05, 0.1) is 4.47 Å². The Morgan fingerprint density at radius 2 is 2.25 bits per heavy atom. The lowest BCUT2D eigenvalue weighted by Crippen LogP contribution is -2.09. The summed E-state index contributed by atoms with van der Waals surface area (Å²) in [5.74, 6) is -0.0390. The number of hydrogen-bond acceptors (Lipinski definition) is 1. The summed E-state index contributed by atoms with van der Waals surface area (Å²) in [6, 6.07) is 5.00. The summed E-state index contributed by atoms with van der Waals surface area (Å²) in [6.45, 7) is 2.50. The molecule has 1 aromatic rings. The van der Waals surface area contributed by atoms with Crippen LogP contribution in [0.15, 0.2) is 22.7 Å². The fourth-order valence-electron chi connectivity index (χ4n) is 1.03. The molecule has 2 N–H and O–H groups in total. The van der Waals surface area contributed by atoms with E-state index in [4.69, 9.17) is 5.73 Å². The van der Waals surface area contributed by atoms with Crippen molar-refractivity contribution >= 4 is 15.9 Å². The van der Waals surface area contributed by atoms with E-state index in [2.05, 4.69) is 15.9 Å². The maximum Gasteiger partial charge on any atom is 0.137 e. The van der Waals surface area contributed by atoms with Gasteiger partial charge < -0.3 is 5.73 Å². The maximum absolute atomic E-state index is 13.0. The lowest BCUT2D eigenvalue weighted by Gasteiger charge is -2.10. The largest absolute Gasteiger partial charge is 0.330 e. The Morgan fingerprint density at radius 3 is 2.83 bits per heavy atom. The van der Waals surface area contributed by atoms with E-state index in [0.717, 1.165) is 5.56 Å². The molecule has 1 unspecified atom stereocenters. The summed E-state index contributed by atoms with van der Waals surface area (Å²) in [5.41, 5.74) is 6.41. The number of nitrogens with two attached hydrogens (primary N) is 1. The Labute approximate surface area is 79.9 Å². The molecule has 0 bridgehead atoms. The summed E-state index contributed by atoms with van der Waals surface area (Å²) in [7, 11) is 0. The molecule has 0 amide bonds. The summed E-state index contributed by atoms with van der Waals surface area (Å²) >= 11 is 3.19. The molecule has 0 aliphatic rings. The Hall–Kier alpha value is -0.410. The monoisotopic (exact) mass is 231 g/mol. The van der Waals surface area contributed by atoms with E-state index in [0.29, 0.717) is 11.0 Å². The summed E-state index contributed by atoms with van der Waals surface area (Å²) in [4.78, 5) is 0. The zero-order valence-electron chi connectivity index (χ0n) is 6.85. The molecule has 12 heavy (non-hydrogen) atoms. The Morgan fingerprint density at radius 1 is 1.58 bits per heavy atom. The molecule has 1 atom stereocenters. The third-order valence-electron chi connectivity index (χ3n) is 1.87. The predicted octanol–water partition coefficient (Wildman–Crippen LogP) is 2.65. The van der Waals surface area contributed by atoms with Crippen molar-refractivity contribution in [3.63, 3.8) is 0 Å². The molecule has 0 aliphatic heterocycles. The summed E-state index contributed by atoms with van der Waals surface area (Å²) in [5, 5.41) is 0. The minimum absolute atomic E-state index is 0.190. The third kappa shape index (κ3) is 1.84. The number of halogens is 2. The van der Waals surface area contributed by atoms with Crippen molar-refractivity contribution in [1.29, 1.82) is 0 Å². The van der Waals surface area contributed by atoms with E-state index in [1.807, 2.05) is 13.0 Å². The van der Waals surface area contributed by atoms with Crippen LogP contribution in [-0.4, -0.2) is 6.54 Å². The normalized spacial score (nSPS) is 13.0. The molecule has 0 aromatic heterocycles. The zero-order valence-corrected chi connectivity index (χ0v) is 8.44. The van der Waals surface area contributed by atoms with Crippen molar-refractivity contribution in [2.75, 3.05) is 6.54 Å². The average molecular weight is 232 g/mol. The second-order valence-electron chi connectivity index (χ2n) is 2.78. The molecule has 1 aromatic carbocycles. The van der Waals surface area contributed by atoms with Gasteiger partial charge in [-0.1, -0.05) is 19.1 Å². The van der Waals surface area contributed by atoms with Crippen LogP contribution in [0, 0.1) is 5.82 Å². The highest BCUT2D eigenvalue weighted by Gasteiger charge is 2.09. The highest BCUT2D eigenvalue weighted by Crippen LogP contribution is 2.26. The highest BCUT2D eigenvalue weighted by molar-refractivity contribution is 9.10. The van der Waals surface area contributed by atoms with Gasteiger partial charge in [-0.2, -0.15) is 0 Å². The molecular weight excluding hydrogens is 221 g/mol. The van der Waals surface area contributed by atoms with Crippen LogP contribution in [0.1, 0.15) is 18.4 Å². The van der Waals surface area contributed by atoms with Gasteiger partial charge >= 0.3 is 0 Å². The Bertz CT molecular complexity index is 275. The topological polar surface area (TPSA) is 26.0 Å². The van der Waals surface area contributed by atoms with Gasteiger partial charge in [-0.05, 0) is 40.0 Å². The van der Waals surface area contributed by atoms with Crippen LogP contribution >= 0.6 is 15.9 Å². The maximum atomic E-state index is 13.0. The van der Waals surface area contributed by atoms with E-state index >= 15 is 0 Å². The fraction of sp³-hybridized carbons (Fsp3) is 0.333. The first-order valence-electron chi connectivity index (χ1n) is 3.80. The first kappa shape index (κ1) is 9.68. The minimum atomic E-state index is -0.229. The van der Waals surface area contributed by atoms with Crippen LogP contribution in [0.5, 0.6) is 0 Å². The summed E-state index contributed by atoms with van der Waals surface area (Å²) < 4.78 is 13.5. The second-order valence-corrected chi connectivity index (χ2v) is 3.57. The van der Waals surface area contributed by atoms with Gasteiger partial charge in [-0.3, -0.25) is 0 Å². The van der Waals surface area contributed by atoms with Crippen molar-refractivity contribution in [3.8, 4) is 0 Å². The van der Waals surface area contributed by atoms with Crippen molar-refractivity contribution in [1.82, 2.24) is 0 Å². The molecule has 66 valence electrons. The fourth-order valence-corrected chi connectivity index (χ4v) is 1.68. The average Bonchev–Trinajstić information content (AvgIpc) is 2.08. The molecule has 0 spiro atoms. The summed E-state index contributed by atoms with van der Waals surface area (Å²) in [6.07, 6.45) is 0. The number of rotatable bonds is 2. The van der Waals surface area contributed by atoms with Crippen molar-refractivity contribution in [2.45, 2.75) is 12.8 Å².